The second-order valence-electron chi connectivity index (χ2n) is 0.632. The van der Waals surface area contributed by atoms with Crippen LogP contribution in [-0.4, -0.2) is 23.4 Å². The van der Waals surface area contributed by atoms with Crippen LogP contribution in [0.4, 0.5) is 0 Å². The zero-order valence-corrected chi connectivity index (χ0v) is 7.65. The maximum Gasteiger partial charge on any atom is 0.0402 e. The van der Waals surface area contributed by atoms with Crippen LogP contribution in [-0.2, 0) is 21.1 Å². The second-order valence-corrected chi connectivity index (χ2v) is 0.632. The van der Waals surface area contributed by atoms with Crippen molar-refractivity contribution in [1.29, 1.82) is 0 Å². The average Bonchev–Trinajstić information content (AvgIpc) is 1.39. The zero-order chi connectivity index (χ0) is 5.41. The van der Waals surface area contributed by atoms with Gasteiger partial charge in [-0.3, -0.25) is 0 Å². The van der Waals surface area contributed by atoms with E-state index in [2.05, 4.69) is 0 Å². The maximum absolute atomic E-state index is 7.57. The van der Waals surface area contributed by atoms with Gasteiger partial charge in [0.1, 0.15) is 0 Å². The van der Waals surface area contributed by atoms with E-state index in [4.69, 9.17) is 10.2 Å². The minimum atomic E-state index is 0. The molecular formula is C4H12O2W. The Labute approximate surface area is 58.8 Å². The number of hydrogen-bond donors (Lipinski definition) is 2. The Balaban J connectivity index is -0.0000000400. The fourth-order valence-electron chi connectivity index (χ4n) is 0. The molecule has 0 spiro atoms. The molecule has 0 heterocycles. The van der Waals surface area contributed by atoms with E-state index in [1.807, 2.05) is 0 Å². The SMILES string of the molecule is CCO.CCO.[W]. The van der Waals surface area contributed by atoms with E-state index in [9.17, 15) is 0 Å². The summed E-state index contributed by atoms with van der Waals surface area (Å²) in [7, 11) is 0. The van der Waals surface area contributed by atoms with E-state index in [0.29, 0.717) is 0 Å². The van der Waals surface area contributed by atoms with Crippen LogP contribution in [0.3, 0.4) is 0 Å². The van der Waals surface area contributed by atoms with Gasteiger partial charge in [-0.05, 0) is 13.8 Å². The molecular weight excluding hydrogens is 264 g/mol. The van der Waals surface area contributed by atoms with Gasteiger partial charge in [0, 0.05) is 34.3 Å². The molecule has 0 unspecified atom stereocenters. The average molecular weight is 276 g/mol. The largest absolute Gasteiger partial charge is 0.397 e. The van der Waals surface area contributed by atoms with E-state index < -0.39 is 0 Å². The zero-order valence-electron chi connectivity index (χ0n) is 4.72. The van der Waals surface area contributed by atoms with Gasteiger partial charge < -0.3 is 10.2 Å². The molecule has 0 aromatic rings. The summed E-state index contributed by atoms with van der Waals surface area (Å²) in [6.45, 7) is 3.86. The van der Waals surface area contributed by atoms with Crippen molar-refractivity contribution in [3.8, 4) is 0 Å². The van der Waals surface area contributed by atoms with Crippen LogP contribution in [0.2, 0.25) is 0 Å². The van der Waals surface area contributed by atoms with E-state index in [-0.39, 0.29) is 34.3 Å². The third kappa shape index (κ3) is 379. The Hall–Kier alpha value is 0.608. The smallest absolute Gasteiger partial charge is 0.0402 e. The van der Waals surface area contributed by atoms with Crippen molar-refractivity contribution in [2.45, 2.75) is 13.8 Å². The molecule has 0 aliphatic heterocycles. The molecule has 0 aliphatic rings. The summed E-state index contributed by atoms with van der Waals surface area (Å²) < 4.78 is 0. The predicted octanol–water partition coefficient (Wildman–Crippen LogP) is -0.00530. The number of aliphatic hydroxyl groups is 2. The first kappa shape index (κ1) is 15.6. The fraction of sp³-hybridized carbons (Fsp3) is 1.00. The monoisotopic (exact) mass is 276 g/mol. The van der Waals surface area contributed by atoms with E-state index in [1.54, 1.807) is 13.8 Å². The van der Waals surface area contributed by atoms with Crippen LogP contribution in [0.15, 0.2) is 0 Å². The van der Waals surface area contributed by atoms with Crippen LogP contribution in [0.1, 0.15) is 13.8 Å². The molecule has 0 aromatic carbocycles. The minimum absolute atomic E-state index is 0. The third-order valence-corrected chi connectivity index (χ3v) is 0. The first-order valence-electron chi connectivity index (χ1n) is 2.05. The van der Waals surface area contributed by atoms with Crippen molar-refractivity contribution in [1.82, 2.24) is 0 Å². The molecule has 0 radical (unpaired) electrons. The van der Waals surface area contributed by atoms with Gasteiger partial charge in [0.05, 0.1) is 0 Å². The molecule has 46 valence electrons. The minimum Gasteiger partial charge on any atom is -0.397 e. The van der Waals surface area contributed by atoms with Gasteiger partial charge in [-0.1, -0.05) is 0 Å². The van der Waals surface area contributed by atoms with Crippen molar-refractivity contribution < 1.29 is 31.3 Å². The summed E-state index contributed by atoms with van der Waals surface area (Å²) in [6.07, 6.45) is 0. The Kier molecular flexibility index (Phi) is 68.3. The molecule has 0 saturated carbocycles. The number of hydrogen-bond acceptors (Lipinski definition) is 2. The summed E-state index contributed by atoms with van der Waals surface area (Å²) in [4.78, 5) is 0. The number of aliphatic hydroxyl groups excluding tert-OH is 2. The summed E-state index contributed by atoms with van der Waals surface area (Å²) in [6, 6.07) is 0. The molecule has 0 bridgehead atoms. The standard InChI is InChI=1S/2C2H6O.W/c2*1-2-3;/h2*3H,2H2,1H3;. The van der Waals surface area contributed by atoms with Gasteiger partial charge in [0.25, 0.3) is 0 Å². The van der Waals surface area contributed by atoms with Gasteiger partial charge in [0.2, 0.25) is 0 Å². The van der Waals surface area contributed by atoms with Gasteiger partial charge in [-0.2, -0.15) is 0 Å². The van der Waals surface area contributed by atoms with E-state index >= 15 is 0 Å². The Bertz CT molecular complexity index is 11.7. The van der Waals surface area contributed by atoms with Crippen LogP contribution >= 0.6 is 0 Å². The van der Waals surface area contributed by atoms with E-state index in [1.165, 1.54) is 0 Å². The molecule has 0 amide bonds. The van der Waals surface area contributed by atoms with Crippen molar-refractivity contribution in [3.05, 3.63) is 0 Å². The molecule has 2 nitrogen and oxygen atoms in total. The molecule has 0 rings (SSSR count). The van der Waals surface area contributed by atoms with Gasteiger partial charge in [-0.15, -0.1) is 0 Å². The summed E-state index contributed by atoms with van der Waals surface area (Å²) in [5, 5.41) is 15.1. The number of rotatable bonds is 0. The van der Waals surface area contributed by atoms with Crippen molar-refractivity contribution in [2.24, 2.45) is 0 Å². The first-order chi connectivity index (χ1) is 2.83. The molecule has 0 atom stereocenters. The summed E-state index contributed by atoms with van der Waals surface area (Å²) >= 11 is 0. The molecule has 3 heteroatoms. The Morgan fingerprint density at radius 2 is 1.00 bits per heavy atom. The molecule has 7 heavy (non-hydrogen) atoms. The normalized spacial score (nSPS) is 5.14. The second kappa shape index (κ2) is 30.6. The van der Waals surface area contributed by atoms with Crippen molar-refractivity contribution in [2.75, 3.05) is 13.2 Å². The van der Waals surface area contributed by atoms with Gasteiger partial charge >= 0.3 is 0 Å². The molecule has 0 aromatic heterocycles. The fourth-order valence-corrected chi connectivity index (χ4v) is 0. The van der Waals surface area contributed by atoms with Gasteiger partial charge in [0.15, 0.2) is 0 Å². The van der Waals surface area contributed by atoms with Crippen molar-refractivity contribution >= 4 is 0 Å². The molecule has 0 aliphatic carbocycles. The Morgan fingerprint density at radius 1 is 1.00 bits per heavy atom. The maximum atomic E-state index is 7.57. The van der Waals surface area contributed by atoms with Crippen molar-refractivity contribution in [3.63, 3.8) is 0 Å². The topological polar surface area (TPSA) is 40.5 Å². The van der Waals surface area contributed by atoms with E-state index in [0.717, 1.165) is 0 Å². The summed E-state index contributed by atoms with van der Waals surface area (Å²) in [5.74, 6) is 0. The van der Waals surface area contributed by atoms with Gasteiger partial charge in [-0.25, -0.2) is 0 Å². The third-order valence-electron chi connectivity index (χ3n) is 0. The van der Waals surface area contributed by atoms with Crippen LogP contribution in [0.5, 0.6) is 0 Å². The summed E-state index contributed by atoms with van der Waals surface area (Å²) in [5.41, 5.74) is 0. The molecule has 0 saturated heterocycles. The Morgan fingerprint density at radius 3 is 1.00 bits per heavy atom. The van der Waals surface area contributed by atoms with Crippen LogP contribution in [0, 0.1) is 0 Å². The first-order valence-corrected chi connectivity index (χ1v) is 2.05. The van der Waals surface area contributed by atoms with Crippen LogP contribution < -0.4 is 0 Å². The molecule has 2 N–H and O–H groups in total. The molecule has 0 fully saturated rings. The van der Waals surface area contributed by atoms with Crippen LogP contribution in [0.25, 0.3) is 0 Å². The quantitative estimate of drug-likeness (QED) is 0.653. The predicted molar refractivity (Wildman–Crippen MR) is 25.5 cm³/mol.